The molecule has 106 valence electrons. The smallest absolute Gasteiger partial charge is 0.337 e. The maximum Gasteiger partial charge on any atom is 0.337 e. The molecule has 1 atom stereocenters. The summed E-state index contributed by atoms with van der Waals surface area (Å²) in [7, 11) is 0. The summed E-state index contributed by atoms with van der Waals surface area (Å²) in [5.41, 5.74) is 7.08. The van der Waals surface area contributed by atoms with Gasteiger partial charge in [-0.15, -0.1) is 0 Å². The lowest BCUT2D eigenvalue weighted by molar-refractivity contribution is -0.146. The Balaban J connectivity index is 0.000000204. The second-order valence-electron chi connectivity index (χ2n) is 4.18. The predicted octanol–water partition coefficient (Wildman–Crippen LogP) is 1.99. The molecule has 0 fully saturated rings. The summed E-state index contributed by atoms with van der Waals surface area (Å²) < 4.78 is 0. The van der Waals surface area contributed by atoms with Crippen LogP contribution in [0.1, 0.15) is 17.2 Å². The average Bonchev–Trinajstić information content (AvgIpc) is 2.49. The lowest BCUT2D eigenvalue weighted by atomic mass is 10.1. The van der Waals surface area contributed by atoms with Crippen LogP contribution in [0.3, 0.4) is 0 Å². The van der Waals surface area contributed by atoms with Gasteiger partial charge in [0, 0.05) is 0 Å². The van der Waals surface area contributed by atoms with Crippen molar-refractivity contribution in [1.29, 1.82) is 0 Å². The highest BCUT2D eigenvalue weighted by molar-refractivity contribution is 5.73. The standard InChI is InChI=1S/C8H11N.C8H8O3/c9-7-6-8-4-2-1-3-5-8;9-7(8(10)11)6-4-2-1-3-5-6/h1-5H,6-7,9H2;1-5,7,9H,(H,10,11). The summed E-state index contributed by atoms with van der Waals surface area (Å²) in [6.07, 6.45) is -0.419. The Morgan fingerprint density at radius 1 is 1.00 bits per heavy atom. The molecular formula is C16H19NO3. The van der Waals surface area contributed by atoms with Crippen molar-refractivity contribution in [2.45, 2.75) is 12.5 Å². The third-order valence-electron chi connectivity index (χ3n) is 2.63. The SMILES string of the molecule is NCCc1ccccc1.O=C(O)C(O)c1ccccc1. The van der Waals surface area contributed by atoms with Crippen molar-refractivity contribution in [3.63, 3.8) is 0 Å². The van der Waals surface area contributed by atoms with Gasteiger partial charge in [-0.25, -0.2) is 4.79 Å². The molecule has 2 rings (SSSR count). The molecule has 2 aromatic carbocycles. The van der Waals surface area contributed by atoms with Crippen molar-refractivity contribution >= 4 is 5.97 Å². The second kappa shape index (κ2) is 8.85. The van der Waals surface area contributed by atoms with E-state index < -0.39 is 12.1 Å². The number of nitrogens with two attached hydrogens (primary N) is 1. The third kappa shape index (κ3) is 5.65. The van der Waals surface area contributed by atoms with E-state index >= 15 is 0 Å². The number of aliphatic hydroxyl groups excluding tert-OH is 1. The average molecular weight is 273 g/mol. The van der Waals surface area contributed by atoms with Crippen molar-refractivity contribution in [2.24, 2.45) is 5.73 Å². The quantitative estimate of drug-likeness (QED) is 0.795. The summed E-state index contributed by atoms with van der Waals surface area (Å²) >= 11 is 0. The number of rotatable bonds is 4. The van der Waals surface area contributed by atoms with Gasteiger partial charge in [0.05, 0.1) is 0 Å². The van der Waals surface area contributed by atoms with E-state index in [1.165, 1.54) is 5.56 Å². The Labute approximate surface area is 118 Å². The number of hydrogen-bond acceptors (Lipinski definition) is 3. The Bertz CT molecular complexity index is 500. The molecule has 0 bridgehead atoms. The van der Waals surface area contributed by atoms with Crippen molar-refractivity contribution < 1.29 is 15.0 Å². The van der Waals surface area contributed by atoms with Gasteiger partial charge < -0.3 is 15.9 Å². The molecule has 0 amide bonds. The first-order chi connectivity index (χ1) is 9.65. The van der Waals surface area contributed by atoms with Gasteiger partial charge in [0.15, 0.2) is 6.10 Å². The van der Waals surface area contributed by atoms with Gasteiger partial charge in [0.25, 0.3) is 0 Å². The molecule has 0 radical (unpaired) electrons. The van der Waals surface area contributed by atoms with Crippen LogP contribution >= 0.6 is 0 Å². The molecule has 0 saturated carbocycles. The van der Waals surface area contributed by atoms with E-state index in [1.54, 1.807) is 30.3 Å². The minimum atomic E-state index is -1.41. The van der Waals surface area contributed by atoms with Gasteiger partial charge in [0.2, 0.25) is 0 Å². The summed E-state index contributed by atoms with van der Waals surface area (Å²) in [6.45, 7) is 0.740. The number of carboxylic acids is 1. The van der Waals surface area contributed by atoms with E-state index in [0.717, 1.165) is 13.0 Å². The lowest BCUT2D eigenvalue weighted by Gasteiger charge is -2.03. The van der Waals surface area contributed by atoms with Crippen LogP contribution in [-0.4, -0.2) is 22.7 Å². The Kier molecular flexibility index (Phi) is 7.03. The zero-order valence-electron chi connectivity index (χ0n) is 11.1. The molecule has 1 unspecified atom stereocenters. The lowest BCUT2D eigenvalue weighted by Crippen LogP contribution is -2.09. The number of benzene rings is 2. The summed E-state index contributed by atoms with van der Waals surface area (Å²) in [5, 5.41) is 17.4. The molecule has 0 aliphatic heterocycles. The molecular weight excluding hydrogens is 254 g/mol. The molecule has 0 heterocycles. The largest absolute Gasteiger partial charge is 0.479 e. The zero-order chi connectivity index (χ0) is 14.8. The van der Waals surface area contributed by atoms with Crippen molar-refractivity contribution in [3.05, 3.63) is 71.8 Å². The summed E-state index contributed by atoms with van der Waals surface area (Å²) in [6, 6.07) is 18.5. The molecule has 4 N–H and O–H groups in total. The van der Waals surface area contributed by atoms with Crippen LogP contribution in [-0.2, 0) is 11.2 Å². The molecule has 2 aromatic rings. The monoisotopic (exact) mass is 273 g/mol. The second-order valence-corrected chi connectivity index (χ2v) is 4.18. The molecule has 0 spiro atoms. The van der Waals surface area contributed by atoms with Crippen LogP contribution < -0.4 is 5.73 Å². The molecule has 4 heteroatoms. The fourth-order valence-electron chi connectivity index (χ4n) is 1.59. The molecule has 20 heavy (non-hydrogen) atoms. The van der Waals surface area contributed by atoms with Crippen molar-refractivity contribution in [2.75, 3.05) is 6.54 Å². The fourth-order valence-corrected chi connectivity index (χ4v) is 1.59. The van der Waals surface area contributed by atoms with Gasteiger partial charge in [-0.05, 0) is 24.1 Å². The van der Waals surface area contributed by atoms with Crippen molar-refractivity contribution in [3.8, 4) is 0 Å². The van der Waals surface area contributed by atoms with Crippen LogP contribution in [0.25, 0.3) is 0 Å². The molecule has 4 nitrogen and oxygen atoms in total. The molecule has 0 saturated heterocycles. The van der Waals surface area contributed by atoms with Crippen LogP contribution in [0.5, 0.6) is 0 Å². The summed E-state index contributed by atoms with van der Waals surface area (Å²) in [4.78, 5) is 10.2. The third-order valence-corrected chi connectivity index (χ3v) is 2.63. The number of aliphatic hydroxyl groups is 1. The van der Waals surface area contributed by atoms with E-state index in [0.29, 0.717) is 5.56 Å². The normalized spacial score (nSPS) is 11.1. The van der Waals surface area contributed by atoms with Gasteiger partial charge in [-0.2, -0.15) is 0 Å². The van der Waals surface area contributed by atoms with Crippen LogP contribution in [0, 0.1) is 0 Å². The molecule has 0 aliphatic rings. The fraction of sp³-hybridized carbons (Fsp3) is 0.188. The first kappa shape index (κ1) is 15.9. The van der Waals surface area contributed by atoms with E-state index in [9.17, 15) is 4.79 Å². The molecule has 0 aromatic heterocycles. The van der Waals surface area contributed by atoms with Crippen LogP contribution in [0.4, 0.5) is 0 Å². The number of carbonyl (C=O) groups is 1. The first-order valence-electron chi connectivity index (χ1n) is 6.35. The van der Waals surface area contributed by atoms with Crippen LogP contribution in [0.2, 0.25) is 0 Å². The van der Waals surface area contributed by atoms with E-state index in [2.05, 4.69) is 12.1 Å². The highest BCUT2D eigenvalue weighted by Crippen LogP contribution is 2.10. The number of hydrogen-bond donors (Lipinski definition) is 3. The minimum absolute atomic E-state index is 0.403. The minimum Gasteiger partial charge on any atom is -0.479 e. The van der Waals surface area contributed by atoms with E-state index in [4.69, 9.17) is 15.9 Å². The van der Waals surface area contributed by atoms with Gasteiger partial charge in [-0.1, -0.05) is 60.7 Å². The van der Waals surface area contributed by atoms with Gasteiger partial charge in [0.1, 0.15) is 0 Å². The predicted molar refractivity (Wildman–Crippen MR) is 78.2 cm³/mol. The van der Waals surface area contributed by atoms with Gasteiger partial charge >= 0.3 is 5.97 Å². The summed E-state index contributed by atoms with van der Waals surface area (Å²) in [5.74, 6) is -1.23. The Morgan fingerprint density at radius 2 is 1.50 bits per heavy atom. The van der Waals surface area contributed by atoms with Crippen molar-refractivity contribution in [1.82, 2.24) is 0 Å². The van der Waals surface area contributed by atoms with E-state index in [1.807, 2.05) is 18.2 Å². The van der Waals surface area contributed by atoms with Crippen LogP contribution in [0.15, 0.2) is 60.7 Å². The highest BCUT2D eigenvalue weighted by atomic mass is 16.4. The highest BCUT2D eigenvalue weighted by Gasteiger charge is 2.14. The Hall–Kier alpha value is -2.17. The maximum atomic E-state index is 10.2. The van der Waals surface area contributed by atoms with Gasteiger partial charge in [-0.3, -0.25) is 0 Å². The topological polar surface area (TPSA) is 83.6 Å². The number of carboxylic acid groups (broad SMARTS) is 1. The first-order valence-corrected chi connectivity index (χ1v) is 6.35. The zero-order valence-corrected chi connectivity index (χ0v) is 11.1. The molecule has 0 aliphatic carbocycles. The Morgan fingerprint density at radius 3 is 1.95 bits per heavy atom. The van der Waals surface area contributed by atoms with E-state index in [-0.39, 0.29) is 0 Å². The number of aliphatic carboxylic acids is 1. The maximum absolute atomic E-state index is 10.2.